The molecule has 3 nitrogen and oxygen atoms in total. The summed E-state index contributed by atoms with van der Waals surface area (Å²) in [4.78, 5) is 11.4. The molecule has 18 heavy (non-hydrogen) atoms. The van der Waals surface area contributed by atoms with Gasteiger partial charge >= 0.3 is 5.97 Å². The van der Waals surface area contributed by atoms with Crippen LogP contribution >= 0.6 is 15.9 Å². The first kappa shape index (κ1) is 13.6. The smallest absolute Gasteiger partial charge is 0.322 e. The van der Waals surface area contributed by atoms with Crippen LogP contribution in [0.5, 0.6) is 0 Å². The lowest BCUT2D eigenvalue weighted by Crippen LogP contribution is -2.44. The van der Waals surface area contributed by atoms with Crippen LogP contribution in [0.4, 0.5) is 0 Å². The number of nitrogens with one attached hydrogen (secondary N) is 1. The number of hydrogen-bond donors (Lipinski definition) is 1. The number of ether oxygens (including phenoxy) is 1. The molecule has 1 N–H and O–H groups in total. The second kappa shape index (κ2) is 5.85. The number of fused-ring (bicyclic) bond motifs is 1. The van der Waals surface area contributed by atoms with Gasteiger partial charge in [0.25, 0.3) is 0 Å². The maximum Gasteiger partial charge on any atom is 0.322 e. The molecular formula is C14H18BrNO2. The van der Waals surface area contributed by atoms with Gasteiger partial charge in [-0.3, -0.25) is 4.79 Å². The van der Waals surface area contributed by atoms with Crippen LogP contribution in [0, 0.1) is 0 Å². The van der Waals surface area contributed by atoms with Crippen molar-refractivity contribution in [3.05, 3.63) is 33.8 Å². The predicted octanol–water partition coefficient (Wildman–Crippen LogP) is 2.46. The van der Waals surface area contributed by atoms with Gasteiger partial charge in [0.15, 0.2) is 0 Å². The van der Waals surface area contributed by atoms with Crippen LogP contribution in [0.1, 0.15) is 24.5 Å². The third-order valence-electron chi connectivity index (χ3n) is 3.44. The molecular weight excluding hydrogens is 294 g/mol. The Morgan fingerprint density at radius 3 is 3.00 bits per heavy atom. The number of carbonyl (C=O) groups excluding carboxylic acids is 1. The Morgan fingerprint density at radius 2 is 2.28 bits per heavy atom. The fourth-order valence-corrected chi connectivity index (χ4v) is 2.87. The van der Waals surface area contributed by atoms with Crippen molar-refractivity contribution in [2.75, 3.05) is 7.11 Å². The molecule has 1 aromatic carbocycles. The highest BCUT2D eigenvalue weighted by atomic mass is 79.9. The number of benzene rings is 1. The molecule has 2 unspecified atom stereocenters. The average molecular weight is 312 g/mol. The van der Waals surface area contributed by atoms with Crippen molar-refractivity contribution in [1.82, 2.24) is 5.32 Å². The number of carbonyl (C=O) groups is 1. The van der Waals surface area contributed by atoms with E-state index < -0.39 is 0 Å². The van der Waals surface area contributed by atoms with Gasteiger partial charge in [-0.15, -0.1) is 0 Å². The summed E-state index contributed by atoms with van der Waals surface area (Å²) in [6.45, 7) is 1.85. The molecule has 2 atom stereocenters. The van der Waals surface area contributed by atoms with E-state index in [-0.39, 0.29) is 12.0 Å². The Kier molecular flexibility index (Phi) is 4.40. The number of halogens is 1. The van der Waals surface area contributed by atoms with Gasteiger partial charge in [-0.2, -0.15) is 0 Å². The van der Waals surface area contributed by atoms with Crippen molar-refractivity contribution in [2.24, 2.45) is 0 Å². The summed E-state index contributed by atoms with van der Waals surface area (Å²) in [5.74, 6) is -0.198. The zero-order valence-electron chi connectivity index (χ0n) is 10.7. The Labute approximate surface area is 116 Å². The molecule has 0 bridgehead atoms. The second-order valence-corrected chi connectivity index (χ2v) is 5.68. The molecule has 4 heteroatoms. The molecule has 98 valence electrons. The Bertz CT molecular complexity index is 447. The molecule has 0 spiro atoms. The van der Waals surface area contributed by atoms with Crippen LogP contribution in [-0.2, 0) is 22.4 Å². The average Bonchev–Trinajstić information content (AvgIpc) is 2.38. The molecule has 0 aliphatic heterocycles. The monoisotopic (exact) mass is 311 g/mol. The maximum absolute atomic E-state index is 11.4. The van der Waals surface area contributed by atoms with E-state index in [0.717, 1.165) is 23.7 Å². The zero-order valence-corrected chi connectivity index (χ0v) is 12.3. The summed E-state index contributed by atoms with van der Waals surface area (Å²) in [5, 5.41) is 3.34. The molecule has 0 saturated carbocycles. The molecule has 1 aliphatic carbocycles. The van der Waals surface area contributed by atoms with E-state index in [1.54, 1.807) is 0 Å². The van der Waals surface area contributed by atoms with E-state index in [9.17, 15) is 4.79 Å². The van der Waals surface area contributed by atoms with E-state index in [1.165, 1.54) is 18.2 Å². The second-order valence-electron chi connectivity index (χ2n) is 4.76. The van der Waals surface area contributed by atoms with Crippen molar-refractivity contribution in [1.29, 1.82) is 0 Å². The van der Waals surface area contributed by atoms with E-state index in [0.29, 0.717) is 6.04 Å². The molecule has 2 rings (SSSR count). The highest BCUT2D eigenvalue weighted by molar-refractivity contribution is 9.10. The minimum absolute atomic E-state index is 0.198. The first-order valence-electron chi connectivity index (χ1n) is 6.21. The highest BCUT2D eigenvalue weighted by Crippen LogP contribution is 2.25. The molecule has 0 radical (unpaired) electrons. The quantitative estimate of drug-likeness (QED) is 0.871. The summed E-state index contributed by atoms with van der Waals surface area (Å²) in [6.07, 6.45) is 3.09. The number of rotatable bonds is 3. The third-order valence-corrected chi connectivity index (χ3v) is 3.93. The molecule has 0 fully saturated rings. The Balaban J connectivity index is 2.00. The van der Waals surface area contributed by atoms with Crippen molar-refractivity contribution in [3.8, 4) is 0 Å². The predicted molar refractivity (Wildman–Crippen MR) is 74.6 cm³/mol. The van der Waals surface area contributed by atoms with Crippen molar-refractivity contribution in [2.45, 2.75) is 38.3 Å². The minimum atomic E-state index is -0.239. The van der Waals surface area contributed by atoms with Gasteiger partial charge in [0.05, 0.1) is 7.11 Å². The minimum Gasteiger partial charge on any atom is -0.468 e. The lowest BCUT2D eigenvalue weighted by molar-refractivity contribution is -0.142. The first-order chi connectivity index (χ1) is 8.60. The van der Waals surface area contributed by atoms with Gasteiger partial charge in [-0.25, -0.2) is 0 Å². The van der Waals surface area contributed by atoms with Gasteiger partial charge in [0, 0.05) is 10.5 Å². The van der Waals surface area contributed by atoms with Crippen LogP contribution in [0.2, 0.25) is 0 Å². The molecule has 0 saturated heterocycles. The summed E-state index contributed by atoms with van der Waals surface area (Å²) < 4.78 is 5.87. The molecule has 1 aromatic rings. The topological polar surface area (TPSA) is 38.3 Å². The Hall–Kier alpha value is -0.870. The summed E-state index contributed by atoms with van der Waals surface area (Å²) >= 11 is 3.50. The van der Waals surface area contributed by atoms with E-state index in [2.05, 4.69) is 39.4 Å². The van der Waals surface area contributed by atoms with Gasteiger partial charge in [-0.1, -0.05) is 22.0 Å². The fraction of sp³-hybridized carbons (Fsp3) is 0.500. The lowest BCUT2D eigenvalue weighted by atomic mass is 9.88. The van der Waals surface area contributed by atoms with Crippen LogP contribution in [0.3, 0.4) is 0 Å². The van der Waals surface area contributed by atoms with E-state index in [4.69, 9.17) is 4.74 Å². The van der Waals surface area contributed by atoms with Gasteiger partial charge in [0.2, 0.25) is 0 Å². The van der Waals surface area contributed by atoms with Gasteiger partial charge in [-0.05, 0) is 49.4 Å². The van der Waals surface area contributed by atoms with E-state index >= 15 is 0 Å². The van der Waals surface area contributed by atoms with Crippen LogP contribution in [0.25, 0.3) is 0 Å². The normalized spacial score (nSPS) is 20.1. The fourth-order valence-electron chi connectivity index (χ4n) is 2.46. The molecule has 0 aromatic heterocycles. The summed E-state index contributed by atoms with van der Waals surface area (Å²) in [5.41, 5.74) is 2.78. The summed E-state index contributed by atoms with van der Waals surface area (Å²) in [6, 6.07) is 6.54. The SMILES string of the molecule is COC(=O)C(C)NC1CCc2cc(Br)ccc2C1. The standard InChI is InChI=1S/C14H18BrNO2/c1-9(14(17)18-2)16-13-6-4-10-7-12(15)5-3-11(10)8-13/h3,5,7,9,13,16H,4,6,8H2,1-2H3. The van der Waals surface area contributed by atoms with Gasteiger partial charge in [0.1, 0.15) is 6.04 Å². The maximum atomic E-state index is 11.4. The van der Waals surface area contributed by atoms with Crippen molar-refractivity contribution in [3.63, 3.8) is 0 Å². The lowest BCUT2D eigenvalue weighted by Gasteiger charge is -2.27. The van der Waals surface area contributed by atoms with Crippen molar-refractivity contribution < 1.29 is 9.53 Å². The molecule has 0 heterocycles. The van der Waals surface area contributed by atoms with Crippen LogP contribution in [-0.4, -0.2) is 25.2 Å². The number of aryl methyl sites for hydroxylation is 1. The number of methoxy groups -OCH3 is 1. The zero-order chi connectivity index (χ0) is 13.1. The summed E-state index contributed by atoms with van der Waals surface area (Å²) in [7, 11) is 1.42. The molecule has 1 aliphatic rings. The Morgan fingerprint density at radius 1 is 1.50 bits per heavy atom. The van der Waals surface area contributed by atoms with Crippen LogP contribution < -0.4 is 5.32 Å². The highest BCUT2D eigenvalue weighted by Gasteiger charge is 2.22. The number of hydrogen-bond acceptors (Lipinski definition) is 3. The van der Waals surface area contributed by atoms with Crippen LogP contribution in [0.15, 0.2) is 22.7 Å². The van der Waals surface area contributed by atoms with Gasteiger partial charge < -0.3 is 10.1 Å². The largest absolute Gasteiger partial charge is 0.468 e. The van der Waals surface area contributed by atoms with E-state index in [1.807, 2.05) is 6.92 Å². The molecule has 0 amide bonds. The van der Waals surface area contributed by atoms with Crippen molar-refractivity contribution >= 4 is 21.9 Å². The third kappa shape index (κ3) is 3.12. The first-order valence-corrected chi connectivity index (χ1v) is 7.00. The number of esters is 1.